The number of nitrogens with zero attached hydrogens (tertiary/aromatic N) is 2. The Morgan fingerprint density at radius 2 is 1.59 bits per heavy atom. The van der Waals surface area contributed by atoms with Crippen LogP contribution in [0.25, 0.3) is 0 Å². The zero-order valence-electron chi connectivity index (χ0n) is 20.6. The van der Waals surface area contributed by atoms with Crippen molar-refractivity contribution in [3.05, 3.63) is 93.8 Å². The maximum absolute atomic E-state index is 13.7. The summed E-state index contributed by atoms with van der Waals surface area (Å²) in [6.07, 6.45) is 0.722. The van der Waals surface area contributed by atoms with Crippen LogP contribution < -0.4 is 9.62 Å². The maximum Gasteiger partial charge on any atom is 0.264 e. The standard InChI is InChI=1S/C27H29FIN3O4S/c1-3-17-30-27(34)20(2)31(18-21-9-11-22(28)12-10-21)26(33)19-32(24-15-13-23(29)14-16-24)37(35,36)25-7-5-4-6-8-25/h4-16,20H,3,17-19H2,1-2H3,(H,30,34). The third-order valence-electron chi connectivity index (χ3n) is 5.71. The molecule has 7 nitrogen and oxygen atoms in total. The molecule has 0 bridgehead atoms. The van der Waals surface area contributed by atoms with Crippen LogP contribution in [0.2, 0.25) is 0 Å². The molecule has 3 aromatic carbocycles. The summed E-state index contributed by atoms with van der Waals surface area (Å²) in [6.45, 7) is 3.43. The fourth-order valence-electron chi connectivity index (χ4n) is 3.62. The van der Waals surface area contributed by atoms with Gasteiger partial charge in [0.2, 0.25) is 11.8 Å². The Morgan fingerprint density at radius 3 is 2.19 bits per heavy atom. The molecule has 196 valence electrons. The molecule has 2 amide bonds. The van der Waals surface area contributed by atoms with E-state index in [1.165, 1.54) is 41.3 Å². The molecule has 1 atom stereocenters. The molecule has 37 heavy (non-hydrogen) atoms. The van der Waals surface area contributed by atoms with Crippen molar-refractivity contribution in [2.24, 2.45) is 0 Å². The highest BCUT2D eigenvalue weighted by atomic mass is 127. The molecular formula is C27H29FIN3O4S. The van der Waals surface area contributed by atoms with Crippen LogP contribution in [0.4, 0.5) is 10.1 Å². The number of halogens is 2. The molecule has 0 spiro atoms. The number of carbonyl (C=O) groups excluding carboxylic acids is 2. The van der Waals surface area contributed by atoms with Crippen LogP contribution in [-0.2, 0) is 26.2 Å². The monoisotopic (exact) mass is 637 g/mol. The smallest absolute Gasteiger partial charge is 0.264 e. The summed E-state index contributed by atoms with van der Waals surface area (Å²) < 4.78 is 42.7. The van der Waals surface area contributed by atoms with Gasteiger partial charge in [0.05, 0.1) is 10.6 Å². The average Bonchev–Trinajstić information content (AvgIpc) is 2.90. The maximum atomic E-state index is 13.7. The number of nitrogens with one attached hydrogen (secondary N) is 1. The summed E-state index contributed by atoms with van der Waals surface area (Å²) in [5, 5.41) is 2.78. The van der Waals surface area contributed by atoms with Crippen molar-refractivity contribution in [1.29, 1.82) is 0 Å². The molecule has 1 N–H and O–H groups in total. The van der Waals surface area contributed by atoms with Crippen molar-refractivity contribution < 1.29 is 22.4 Å². The predicted molar refractivity (Wildman–Crippen MR) is 150 cm³/mol. The predicted octanol–water partition coefficient (Wildman–Crippen LogP) is 4.57. The van der Waals surface area contributed by atoms with Crippen LogP contribution in [0.3, 0.4) is 0 Å². The van der Waals surface area contributed by atoms with Gasteiger partial charge in [-0.2, -0.15) is 0 Å². The number of benzene rings is 3. The Balaban J connectivity index is 1.99. The summed E-state index contributed by atoms with van der Waals surface area (Å²) in [5.74, 6) is -1.35. The van der Waals surface area contributed by atoms with Crippen LogP contribution >= 0.6 is 22.6 Å². The Morgan fingerprint density at radius 1 is 0.973 bits per heavy atom. The number of sulfonamides is 1. The molecule has 0 saturated heterocycles. The van der Waals surface area contributed by atoms with Crippen LogP contribution in [-0.4, -0.2) is 44.3 Å². The molecule has 0 aromatic heterocycles. The molecule has 10 heteroatoms. The number of amides is 2. The van der Waals surface area contributed by atoms with Crippen LogP contribution in [0.15, 0.2) is 83.8 Å². The number of hydrogen-bond donors (Lipinski definition) is 1. The van der Waals surface area contributed by atoms with E-state index in [9.17, 15) is 22.4 Å². The van der Waals surface area contributed by atoms with E-state index in [-0.39, 0.29) is 17.3 Å². The lowest BCUT2D eigenvalue weighted by molar-refractivity contribution is -0.139. The fraction of sp³-hybridized carbons (Fsp3) is 0.259. The lowest BCUT2D eigenvalue weighted by atomic mass is 10.1. The topological polar surface area (TPSA) is 86.8 Å². The highest BCUT2D eigenvalue weighted by Crippen LogP contribution is 2.25. The molecule has 0 radical (unpaired) electrons. The lowest BCUT2D eigenvalue weighted by Gasteiger charge is -2.32. The Kier molecular flexibility index (Phi) is 10.0. The summed E-state index contributed by atoms with van der Waals surface area (Å²) >= 11 is 2.12. The van der Waals surface area contributed by atoms with E-state index in [4.69, 9.17) is 0 Å². The minimum atomic E-state index is -4.10. The van der Waals surface area contributed by atoms with E-state index in [2.05, 4.69) is 27.9 Å². The zero-order chi connectivity index (χ0) is 27.0. The Hall–Kier alpha value is -2.99. The third kappa shape index (κ3) is 7.51. The van der Waals surface area contributed by atoms with Crippen molar-refractivity contribution in [1.82, 2.24) is 10.2 Å². The van der Waals surface area contributed by atoms with Gasteiger partial charge in [-0.25, -0.2) is 12.8 Å². The van der Waals surface area contributed by atoms with Crippen molar-refractivity contribution in [3.63, 3.8) is 0 Å². The van der Waals surface area contributed by atoms with Gasteiger partial charge in [-0.05, 0) is 90.0 Å². The number of carbonyl (C=O) groups is 2. The van der Waals surface area contributed by atoms with Gasteiger partial charge >= 0.3 is 0 Å². The second-order valence-corrected chi connectivity index (χ2v) is 11.5. The van der Waals surface area contributed by atoms with Crippen molar-refractivity contribution in [3.8, 4) is 0 Å². The zero-order valence-corrected chi connectivity index (χ0v) is 23.6. The largest absolute Gasteiger partial charge is 0.354 e. The summed E-state index contributed by atoms with van der Waals surface area (Å²) in [4.78, 5) is 27.9. The normalized spacial score (nSPS) is 12.0. The van der Waals surface area contributed by atoms with E-state index in [0.29, 0.717) is 17.8 Å². The SMILES string of the molecule is CCCNC(=O)C(C)N(Cc1ccc(F)cc1)C(=O)CN(c1ccc(I)cc1)S(=O)(=O)c1ccccc1. The lowest BCUT2D eigenvalue weighted by Crippen LogP contribution is -2.51. The molecular weight excluding hydrogens is 608 g/mol. The van der Waals surface area contributed by atoms with Gasteiger partial charge in [0.15, 0.2) is 0 Å². The quantitative estimate of drug-likeness (QED) is 0.313. The molecule has 0 heterocycles. The molecule has 0 saturated carbocycles. The molecule has 0 aliphatic rings. The van der Waals surface area contributed by atoms with Gasteiger partial charge in [-0.3, -0.25) is 13.9 Å². The van der Waals surface area contributed by atoms with Crippen molar-refractivity contribution >= 4 is 50.1 Å². The van der Waals surface area contributed by atoms with E-state index in [0.717, 1.165) is 14.3 Å². The van der Waals surface area contributed by atoms with Crippen LogP contribution in [0, 0.1) is 9.39 Å². The fourth-order valence-corrected chi connectivity index (χ4v) is 5.42. The van der Waals surface area contributed by atoms with Gasteiger partial charge in [0, 0.05) is 16.7 Å². The highest BCUT2D eigenvalue weighted by Gasteiger charge is 2.32. The third-order valence-corrected chi connectivity index (χ3v) is 8.21. The second kappa shape index (κ2) is 13.0. The van der Waals surface area contributed by atoms with Gasteiger partial charge in [-0.15, -0.1) is 0 Å². The van der Waals surface area contributed by atoms with Gasteiger partial charge in [0.1, 0.15) is 18.4 Å². The molecule has 1 unspecified atom stereocenters. The van der Waals surface area contributed by atoms with E-state index < -0.39 is 34.3 Å². The second-order valence-electron chi connectivity index (χ2n) is 8.42. The summed E-state index contributed by atoms with van der Waals surface area (Å²) in [7, 11) is -4.10. The van der Waals surface area contributed by atoms with Gasteiger partial charge < -0.3 is 10.2 Å². The molecule has 3 rings (SSSR count). The Bertz CT molecular complexity index is 1300. The van der Waals surface area contributed by atoms with Gasteiger partial charge in [0.25, 0.3) is 10.0 Å². The number of anilines is 1. The molecule has 0 aliphatic heterocycles. The minimum absolute atomic E-state index is 0.00569. The van der Waals surface area contributed by atoms with Crippen molar-refractivity contribution in [2.75, 3.05) is 17.4 Å². The van der Waals surface area contributed by atoms with E-state index in [1.54, 1.807) is 49.4 Å². The van der Waals surface area contributed by atoms with Crippen LogP contribution in [0.1, 0.15) is 25.8 Å². The molecule has 3 aromatic rings. The Labute approximate surface area is 230 Å². The van der Waals surface area contributed by atoms with Crippen molar-refractivity contribution in [2.45, 2.75) is 37.8 Å². The number of hydrogen-bond acceptors (Lipinski definition) is 4. The molecule has 0 fully saturated rings. The van der Waals surface area contributed by atoms with E-state index in [1.807, 2.05) is 6.92 Å². The first-order chi connectivity index (χ1) is 17.6. The summed E-state index contributed by atoms with van der Waals surface area (Å²) in [5.41, 5.74) is 0.930. The highest BCUT2D eigenvalue weighted by molar-refractivity contribution is 14.1. The van der Waals surface area contributed by atoms with E-state index >= 15 is 0 Å². The molecule has 0 aliphatic carbocycles. The number of rotatable bonds is 11. The minimum Gasteiger partial charge on any atom is -0.354 e. The summed E-state index contributed by atoms with van der Waals surface area (Å²) in [6, 6.07) is 19.4. The first-order valence-corrected chi connectivity index (χ1v) is 14.3. The van der Waals surface area contributed by atoms with Crippen LogP contribution in [0.5, 0.6) is 0 Å². The average molecular weight is 638 g/mol. The first-order valence-electron chi connectivity index (χ1n) is 11.8. The van der Waals surface area contributed by atoms with Gasteiger partial charge in [-0.1, -0.05) is 37.3 Å². The first kappa shape index (κ1) is 28.6.